The Bertz CT molecular complexity index is 268. The van der Waals surface area contributed by atoms with Crippen molar-refractivity contribution < 1.29 is 0 Å². The third-order valence-electron chi connectivity index (χ3n) is 5.57. The van der Waals surface area contributed by atoms with Crippen LogP contribution in [0.2, 0.25) is 0 Å². The van der Waals surface area contributed by atoms with E-state index in [1.54, 1.807) is 0 Å². The van der Waals surface area contributed by atoms with E-state index < -0.39 is 0 Å². The zero-order chi connectivity index (χ0) is 13.9. The highest BCUT2D eigenvalue weighted by atomic mass is 15.2. The van der Waals surface area contributed by atoms with Gasteiger partial charge in [-0.25, -0.2) is 0 Å². The monoisotopic (exact) mass is 266 g/mol. The van der Waals surface area contributed by atoms with Gasteiger partial charge in [0.15, 0.2) is 0 Å². The van der Waals surface area contributed by atoms with Gasteiger partial charge in [0.2, 0.25) is 0 Å². The number of likely N-dealkylation sites (N-methyl/N-ethyl adjacent to an activating group) is 2. The maximum atomic E-state index is 3.57. The van der Waals surface area contributed by atoms with Gasteiger partial charge < -0.3 is 10.2 Å². The van der Waals surface area contributed by atoms with E-state index in [4.69, 9.17) is 0 Å². The van der Waals surface area contributed by atoms with Crippen LogP contribution >= 0.6 is 0 Å². The van der Waals surface area contributed by atoms with Gasteiger partial charge in [-0.3, -0.25) is 0 Å². The van der Waals surface area contributed by atoms with Crippen molar-refractivity contribution in [3.8, 4) is 0 Å². The first kappa shape index (κ1) is 15.3. The highest BCUT2D eigenvalue weighted by Crippen LogP contribution is 2.37. The minimum absolute atomic E-state index is 0.527. The van der Waals surface area contributed by atoms with Crippen molar-refractivity contribution in [3.05, 3.63) is 0 Å². The zero-order valence-corrected chi connectivity index (χ0v) is 13.5. The maximum Gasteiger partial charge on any atom is 0.0251 e. The van der Waals surface area contributed by atoms with E-state index in [-0.39, 0.29) is 0 Å². The topological polar surface area (TPSA) is 15.3 Å². The molecule has 0 aromatic heterocycles. The Morgan fingerprint density at radius 1 is 1.11 bits per heavy atom. The fourth-order valence-corrected chi connectivity index (χ4v) is 4.26. The van der Waals surface area contributed by atoms with Crippen molar-refractivity contribution in [2.45, 2.75) is 77.3 Å². The number of nitrogens with one attached hydrogen (secondary N) is 1. The quantitative estimate of drug-likeness (QED) is 0.835. The summed E-state index contributed by atoms with van der Waals surface area (Å²) in [4.78, 5) is 2.68. The lowest BCUT2D eigenvalue weighted by Gasteiger charge is -2.45. The highest BCUT2D eigenvalue weighted by Gasteiger charge is 2.36. The van der Waals surface area contributed by atoms with Crippen LogP contribution < -0.4 is 5.32 Å². The van der Waals surface area contributed by atoms with Gasteiger partial charge in [-0.1, -0.05) is 33.1 Å². The molecule has 0 aromatic carbocycles. The third-order valence-corrected chi connectivity index (χ3v) is 5.57. The van der Waals surface area contributed by atoms with E-state index in [0.717, 1.165) is 12.0 Å². The molecule has 0 amide bonds. The molecular formula is C17H34N2. The van der Waals surface area contributed by atoms with Crippen LogP contribution in [0.15, 0.2) is 0 Å². The SMILES string of the molecule is CNC1CCC(C)(C)CC1N(C)CC1CCCCC1. The molecule has 2 heteroatoms. The summed E-state index contributed by atoms with van der Waals surface area (Å²) < 4.78 is 0. The van der Waals surface area contributed by atoms with Crippen molar-refractivity contribution >= 4 is 0 Å². The Morgan fingerprint density at radius 2 is 1.79 bits per heavy atom. The molecule has 19 heavy (non-hydrogen) atoms. The number of nitrogens with zero attached hydrogens (tertiary/aromatic N) is 1. The molecule has 2 fully saturated rings. The molecule has 2 nitrogen and oxygen atoms in total. The van der Waals surface area contributed by atoms with E-state index in [9.17, 15) is 0 Å². The van der Waals surface area contributed by atoms with Crippen LogP contribution in [0.5, 0.6) is 0 Å². The van der Waals surface area contributed by atoms with E-state index in [1.807, 2.05) is 0 Å². The predicted octanol–water partition coefficient (Wildman–Crippen LogP) is 3.67. The number of hydrogen-bond acceptors (Lipinski definition) is 2. The Morgan fingerprint density at radius 3 is 2.42 bits per heavy atom. The lowest BCUT2D eigenvalue weighted by atomic mass is 9.72. The standard InChI is InChI=1S/C17H34N2/c1-17(2)11-10-15(18-3)16(12-17)19(4)13-14-8-6-5-7-9-14/h14-16,18H,5-13H2,1-4H3. The molecule has 2 atom stereocenters. The van der Waals surface area contributed by atoms with Crippen LogP contribution in [0.1, 0.15) is 65.2 Å². The van der Waals surface area contributed by atoms with Crippen LogP contribution in [0.4, 0.5) is 0 Å². The molecular weight excluding hydrogens is 232 g/mol. The van der Waals surface area contributed by atoms with Crippen LogP contribution in [-0.2, 0) is 0 Å². The van der Waals surface area contributed by atoms with Crippen molar-refractivity contribution in [2.24, 2.45) is 11.3 Å². The van der Waals surface area contributed by atoms with E-state index in [0.29, 0.717) is 11.5 Å². The average molecular weight is 266 g/mol. The fourth-order valence-electron chi connectivity index (χ4n) is 4.26. The third kappa shape index (κ3) is 4.19. The second-order valence-electron chi connectivity index (χ2n) is 7.81. The summed E-state index contributed by atoms with van der Waals surface area (Å²) in [7, 11) is 4.51. The predicted molar refractivity (Wildman–Crippen MR) is 83.5 cm³/mol. The first-order valence-corrected chi connectivity index (χ1v) is 8.39. The zero-order valence-electron chi connectivity index (χ0n) is 13.5. The van der Waals surface area contributed by atoms with Crippen LogP contribution in [0.3, 0.4) is 0 Å². The van der Waals surface area contributed by atoms with Crippen molar-refractivity contribution in [1.29, 1.82) is 0 Å². The summed E-state index contributed by atoms with van der Waals surface area (Å²) in [6.45, 7) is 6.21. The Labute approximate surface area is 120 Å². The first-order valence-electron chi connectivity index (χ1n) is 8.39. The average Bonchev–Trinajstić information content (AvgIpc) is 2.39. The molecule has 2 aliphatic carbocycles. The number of rotatable bonds is 4. The molecule has 0 radical (unpaired) electrons. The summed E-state index contributed by atoms with van der Waals surface area (Å²) in [6, 6.07) is 1.43. The van der Waals surface area contributed by atoms with E-state index in [2.05, 4.69) is 38.2 Å². The molecule has 112 valence electrons. The molecule has 0 heterocycles. The molecule has 0 aliphatic heterocycles. The van der Waals surface area contributed by atoms with Crippen LogP contribution in [-0.4, -0.2) is 37.6 Å². The highest BCUT2D eigenvalue weighted by molar-refractivity contribution is 4.93. The molecule has 0 aromatic rings. The summed E-state index contributed by atoms with van der Waals surface area (Å²) in [5, 5.41) is 3.57. The molecule has 1 N–H and O–H groups in total. The normalized spacial score (nSPS) is 32.7. The Balaban J connectivity index is 1.92. The molecule has 0 saturated heterocycles. The lowest BCUT2D eigenvalue weighted by molar-refractivity contribution is 0.0698. The minimum atomic E-state index is 0.527. The first-order chi connectivity index (χ1) is 9.02. The summed E-state index contributed by atoms with van der Waals surface area (Å²) in [6.07, 6.45) is 11.4. The molecule has 2 rings (SSSR count). The molecule has 2 unspecified atom stereocenters. The van der Waals surface area contributed by atoms with E-state index in [1.165, 1.54) is 57.9 Å². The van der Waals surface area contributed by atoms with Gasteiger partial charge in [-0.15, -0.1) is 0 Å². The Kier molecular flexibility index (Phi) is 5.30. The van der Waals surface area contributed by atoms with Gasteiger partial charge in [0.05, 0.1) is 0 Å². The van der Waals surface area contributed by atoms with Crippen LogP contribution in [0.25, 0.3) is 0 Å². The molecule has 2 aliphatic rings. The largest absolute Gasteiger partial charge is 0.315 e. The van der Waals surface area contributed by atoms with Gasteiger partial charge in [0, 0.05) is 18.6 Å². The van der Waals surface area contributed by atoms with Gasteiger partial charge >= 0.3 is 0 Å². The maximum absolute atomic E-state index is 3.57. The van der Waals surface area contributed by atoms with E-state index >= 15 is 0 Å². The van der Waals surface area contributed by atoms with Gasteiger partial charge in [0.1, 0.15) is 0 Å². The fraction of sp³-hybridized carbons (Fsp3) is 1.00. The second kappa shape index (κ2) is 6.58. The van der Waals surface area contributed by atoms with Crippen molar-refractivity contribution in [2.75, 3.05) is 20.6 Å². The minimum Gasteiger partial charge on any atom is -0.315 e. The van der Waals surface area contributed by atoms with Crippen LogP contribution in [0, 0.1) is 11.3 Å². The van der Waals surface area contributed by atoms with Crippen molar-refractivity contribution in [3.63, 3.8) is 0 Å². The lowest BCUT2D eigenvalue weighted by Crippen LogP contribution is -2.53. The summed E-state index contributed by atoms with van der Waals surface area (Å²) in [5.41, 5.74) is 0.527. The summed E-state index contributed by atoms with van der Waals surface area (Å²) in [5.74, 6) is 0.960. The van der Waals surface area contributed by atoms with Crippen molar-refractivity contribution in [1.82, 2.24) is 10.2 Å². The van der Waals surface area contributed by atoms with Gasteiger partial charge in [0.25, 0.3) is 0 Å². The smallest absolute Gasteiger partial charge is 0.0251 e. The van der Waals surface area contributed by atoms with Gasteiger partial charge in [-0.2, -0.15) is 0 Å². The molecule has 2 saturated carbocycles. The van der Waals surface area contributed by atoms with Gasteiger partial charge in [-0.05, 0) is 57.5 Å². The number of hydrogen-bond donors (Lipinski definition) is 1. The second-order valence-corrected chi connectivity index (χ2v) is 7.81. The Hall–Kier alpha value is -0.0800. The summed E-state index contributed by atoms with van der Waals surface area (Å²) >= 11 is 0. The molecule has 0 bridgehead atoms. The molecule has 0 spiro atoms.